The van der Waals surface area contributed by atoms with Gasteiger partial charge in [-0.25, -0.2) is 47.3 Å². The zero-order chi connectivity index (χ0) is 88.1. The summed E-state index contributed by atoms with van der Waals surface area (Å²) >= 11 is 3.83. The maximum absolute atomic E-state index is 16.9. The number of anilines is 2. The summed E-state index contributed by atoms with van der Waals surface area (Å²) in [5, 5.41) is 23.6. The molecular weight excluding hydrogens is 1670 g/mol. The van der Waals surface area contributed by atoms with Gasteiger partial charge in [0.2, 0.25) is 10.3 Å². The van der Waals surface area contributed by atoms with Crippen LogP contribution in [-0.4, -0.2) is 109 Å². The Morgan fingerprint density at radius 1 is 0.535 bits per heavy atom. The van der Waals surface area contributed by atoms with E-state index in [4.69, 9.17) is 39.8 Å². The summed E-state index contributed by atoms with van der Waals surface area (Å²) in [6, 6.07) is 63.8. The van der Waals surface area contributed by atoms with Crippen LogP contribution in [0.5, 0.6) is 17.2 Å². The summed E-state index contributed by atoms with van der Waals surface area (Å²) in [5.74, 6) is -1.99. The highest BCUT2D eigenvalue weighted by atomic mass is 32.1. The summed E-state index contributed by atoms with van der Waals surface area (Å²) < 4.78 is 91.6. The molecular formula is C99H77F3N10O12S3. The molecule has 0 aliphatic carbocycles. The molecule has 127 heavy (non-hydrogen) atoms. The third kappa shape index (κ3) is 21.7. The number of fused-ring (bicyclic) bond motifs is 7. The van der Waals surface area contributed by atoms with Crippen LogP contribution in [0.15, 0.2) is 254 Å². The van der Waals surface area contributed by atoms with E-state index in [9.17, 15) is 29.1 Å². The van der Waals surface area contributed by atoms with E-state index < -0.39 is 41.3 Å². The lowest BCUT2D eigenvalue weighted by Crippen LogP contribution is -2.09. The molecule has 0 amide bonds. The number of hydrogen-bond acceptors (Lipinski definition) is 24. The molecule has 0 spiro atoms. The number of ether oxygens (including phenoxy) is 6. The lowest BCUT2D eigenvalue weighted by Gasteiger charge is -2.15. The Kier molecular flexibility index (Phi) is 28.2. The number of carbonyl (C=O) groups is 5. The number of esters is 4. The van der Waals surface area contributed by atoms with Gasteiger partial charge in [0.25, 0.3) is 0 Å². The lowest BCUT2D eigenvalue weighted by molar-refractivity contribution is -0.138. The van der Waals surface area contributed by atoms with E-state index in [0.717, 1.165) is 97.6 Å². The highest BCUT2D eigenvalue weighted by Gasteiger charge is 2.23. The van der Waals surface area contributed by atoms with E-state index >= 15 is 13.2 Å². The van der Waals surface area contributed by atoms with Gasteiger partial charge in [0.15, 0.2) is 22.1 Å². The van der Waals surface area contributed by atoms with Gasteiger partial charge in [-0.2, -0.15) is 23.9 Å². The molecule has 3 N–H and O–H groups in total. The standard InChI is InChI=1S/C50H35F2N5O7S.C49H42FN5O5S2/c1-2-44(60)63-24-5-23-62-36-14-8-30(9-15-36)20-25-64-49(61)34-13-11-31-26-33(12-10-32(31)27-34)38-16-17-41(46(52)45(38)51)42-28-35(29-55-57-50-56-47-48(65-50)54-22-21-53-47)37(18-19-43(58)59)39-6-3-4-7-40(39)42;1-3-7-31-8-13-33(14-9-31)39-21-22-40(46(50)41(39)30-51-53-49-52-48-43(61-49)24-23-42-47(48)55-62-54-42)36-16-15-35-29-38(20-17-34(35)28-36)60-45(57)25-12-32-10-18-37(19-11-32)58-26-5-6-27-59-44(56)4-2/h1,3-4,6-19,21-22,26-29H,5,20,23-25H2,(H,58,59)(H,53,56,57);4,8-11,13-24,28-30H,2-3,5-7,12,25-27H2,1H3,(H,52,53)/b19-18+,55-29+;51-30+. The average molecular weight is 1750 g/mol. The van der Waals surface area contributed by atoms with Crippen LogP contribution in [0, 0.1) is 29.8 Å². The molecule has 28 heteroatoms. The van der Waals surface area contributed by atoms with Crippen LogP contribution >= 0.6 is 34.4 Å². The minimum Gasteiger partial charge on any atom is -0.494 e. The van der Waals surface area contributed by atoms with Crippen LogP contribution in [0.3, 0.4) is 0 Å². The zero-order valence-electron chi connectivity index (χ0n) is 68.1. The monoisotopic (exact) mass is 1750 g/mol. The zero-order valence-corrected chi connectivity index (χ0v) is 70.5. The van der Waals surface area contributed by atoms with Gasteiger partial charge in [0, 0.05) is 77.5 Å². The van der Waals surface area contributed by atoms with Gasteiger partial charge in [-0.05, 0) is 193 Å². The summed E-state index contributed by atoms with van der Waals surface area (Å²) in [4.78, 5) is 77.6. The van der Waals surface area contributed by atoms with Crippen molar-refractivity contribution in [2.45, 2.75) is 58.3 Å². The number of hydrazone groups is 2. The summed E-state index contributed by atoms with van der Waals surface area (Å²) in [5.41, 5.74) is 16.9. The van der Waals surface area contributed by atoms with Crippen molar-refractivity contribution >= 4 is 157 Å². The number of rotatable bonds is 34. The quantitative estimate of drug-likeness (QED) is 0.00389. The highest BCUT2D eigenvalue weighted by molar-refractivity contribution is 7.22. The second-order valence-corrected chi connectivity index (χ2v) is 31.4. The Hall–Kier alpha value is -15.2. The van der Waals surface area contributed by atoms with Gasteiger partial charge in [0.05, 0.1) is 67.5 Å². The van der Waals surface area contributed by atoms with Crippen molar-refractivity contribution in [2.24, 2.45) is 10.2 Å². The van der Waals surface area contributed by atoms with E-state index in [2.05, 4.69) is 70.4 Å². The SMILES string of the molecule is C#CC(=O)OCCCOc1ccc(CCOC(=O)c2ccc3cc(-c4ccc(-c5cc(/C=N/Nc6nc7nccnc7s6)c(/C=C/C(=O)O)c6ccccc56)c(F)c4F)ccc3c2)cc1.C=CC(=O)OCCCCOc1ccc(CCC(=O)Oc2ccc3cc(-c4ccc(-c5ccc(CCC)cc5)c(/C=N/Nc5nc6c(ccc7nsnc76)s5)c4F)ccc3c2)cc1. The molecule has 634 valence electrons. The van der Waals surface area contributed by atoms with Gasteiger partial charge < -0.3 is 33.5 Å². The van der Waals surface area contributed by atoms with Crippen LogP contribution in [0.4, 0.5) is 23.4 Å². The molecule has 0 unspecified atom stereocenters. The number of nitrogens with zero attached hydrogens (tertiary/aromatic N) is 8. The summed E-state index contributed by atoms with van der Waals surface area (Å²) in [6.45, 7) is 7.01. The molecule has 12 aromatic carbocycles. The molecule has 0 radical (unpaired) electrons. The largest absolute Gasteiger partial charge is 0.494 e. The van der Waals surface area contributed by atoms with Crippen molar-refractivity contribution in [2.75, 3.05) is 43.9 Å². The lowest BCUT2D eigenvalue weighted by atomic mass is 9.90. The van der Waals surface area contributed by atoms with Crippen molar-refractivity contribution in [3.05, 3.63) is 300 Å². The first-order valence-electron chi connectivity index (χ1n) is 40.4. The molecule has 22 nitrogen and oxygen atoms in total. The number of thiazole rings is 2. The topological polar surface area (TPSA) is 287 Å². The number of benzene rings is 12. The number of nitrogens with one attached hydrogen (secondary N) is 2. The number of carbonyl (C=O) groups excluding carboxylic acids is 4. The molecule has 0 aliphatic heterocycles. The van der Waals surface area contributed by atoms with Crippen molar-refractivity contribution in [1.29, 1.82) is 0 Å². The Bertz CT molecular complexity index is 6920. The number of unbranched alkanes of at least 4 members (excludes halogenated alkanes) is 1. The first-order chi connectivity index (χ1) is 62.0. The minimum atomic E-state index is -1.16. The van der Waals surface area contributed by atoms with Gasteiger partial charge >= 0.3 is 29.8 Å². The van der Waals surface area contributed by atoms with Gasteiger partial charge in [-0.15, -0.1) is 6.42 Å². The van der Waals surface area contributed by atoms with E-state index in [1.165, 1.54) is 65.1 Å². The summed E-state index contributed by atoms with van der Waals surface area (Å²) in [6.07, 6.45) is 19.7. The smallest absolute Gasteiger partial charge is 0.384 e. The Labute approximate surface area is 738 Å². The number of carboxylic acid groups (broad SMARTS) is 1. The molecule has 4 heterocycles. The number of aryl methyl sites for hydroxylation is 2. The van der Waals surface area contributed by atoms with Crippen LogP contribution in [-0.2, 0) is 52.7 Å². The van der Waals surface area contributed by atoms with E-state index in [1.807, 2.05) is 109 Å². The number of aromatic nitrogens is 6. The average Bonchev–Trinajstić information content (AvgIpc) is 1.50. The third-order valence-corrected chi connectivity index (χ3v) is 22.7. The van der Waals surface area contributed by atoms with E-state index in [0.29, 0.717) is 149 Å². The number of carboxylic acids is 1. The molecule has 0 atom stereocenters. The third-order valence-electron chi connectivity index (χ3n) is 20.4. The number of aliphatic carboxylic acids is 1. The van der Waals surface area contributed by atoms with Crippen LogP contribution in [0.2, 0.25) is 0 Å². The highest BCUT2D eigenvalue weighted by Crippen LogP contribution is 2.41. The Balaban J connectivity index is 0.000000196. The molecule has 4 aromatic heterocycles. The number of halogens is 3. The molecule has 0 saturated carbocycles. The number of hydrogen-bond donors (Lipinski definition) is 3. The Morgan fingerprint density at radius 2 is 1.14 bits per heavy atom. The fraction of sp³-hybridized carbons (Fsp3) is 0.141. The molecule has 16 rings (SSSR count). The molecule has 0 fully saturated rings. The summed E-state index contributed by atoms with van der Waals surface area (Å²) in [7, 11) is 0. The Morgan fingerprint density at radius 3 is 1.87 bits per heavy atom. The maximum atomic E-state index is 16.9. The number of terminal acetylenes is 1. The molecule has 16 aromatic rings. The van der Waals surface area contributed by atoms with Crippen LogP contribution in [0.25, 0.3) is 115 Å². The minimum absolute atomic E-state index is 0.00733. The molecule has 0 bridgehead atoms. The van der Waals surface area contributed by atoms with Crippen molar-refractivity contribution in [3.8, 4) is 74.1 Å². The first kappa shape index (κ1) is 86.7. The van der Waals surface area contributed by atoms with Gasteiger partial charge in [0.1, 0.15) is 39.6 Å². The molecule has 0 saturated heterocycles. The predicted molar refractivity (Wildman–Crippen MR) is 493 cm³/mol. The first-order valence-corrected chi connectivity index (χ1v) is 42.7. The van der Waals surface area contributed by atoms with Gasteiger partial charge in [-0.1, -0.05) is 176 Å². The fourth-order valence-corrected chi connectivity index (χ4v) is 16.2. The van der Waals surface area contributed by atoms with Crippen LogP contribution in [0.1, 0.15) is 82.8 Å². The van der Waals surface area contributed by atoms with Crippen molar-refractivity contribution < 1.29 is 70.7 Å². The van der Waals surface area contributed by atoms with Crippen molar-refractivity contribution in [1.82, 2.24) is 28.7 Å². The predicted octanol–water partition coefficient (Wildman–Crippen LogP) is 21.6. The second kappa shape index (κ2) is 41.3. The fourth-order valence-electron chi connectivity index (χ4n) is 14.1. The molecule has 0 aliphatic rings. The van der Waals surface area contributed by atoms with Crippen LogP contribution < -0.4 is 25.1 Å². The second-order valence-electron chi connectivity index (χ2n) is 28.8. The van der Waals surface area contributed by atoms with Gasteiger partial charge in [-0.3, -0.25) is 15.6 Å². The van der Waals surface area contributed by atoms with Crippen molar-refractivity contribution in [3.63, 3.8) is 0 Å². The normalized spacial score (nSPS) is 11.4. The van der Waals surface area contributed by atoms with E-state index in [1.54, 1.807) is 91.1 Å². The maximum Gasteiger partial charge on any atom is 0.384 e. The van der Waals surface area contributed by atoms with E-state index in [-0.39, 0.29) is 36.7 Å².